The van der Waals surface area contributed by atoms with Crippen LogP contribution >= 0.6 is 0 Å². The van der Waals surface area contributed by atoms with E-state index in [2.05, 4.69) is 72.5 Å². The van der Waals surface area contributed by atoms with Crippen molar-refractivity contribution in [1.29, 1.82) is 0 Å². The summed E-state index contributed by atoms with van der Waals surface area (Å²) in [6.45, 7) is 4.39. The fourth-order valence-corrected chi connectivity index (χ4v) is 2.74. The first-order chi connectivity index (χ1) is 9.81. The fraction of sp³-hybridized carbons (Fsp3) is 0.263. The molecule has 1 saturated heterocycles. The van der Waals surface area contributed by atoms with Crippen LogP contribution in [0, 0.1) is 6.92 Å². The molecule has 0 amide bonds. The molecule has 20 heavy (non-hydrogen) atoms. The maximum atomic E-state index is 2.49. The van der Waals surface area contributed by atoms with Crippen LogP contribution in [0.5, 0.6) is 0 Å². The van der Waals surface area contributed by atoms with Crippen molar-refractivity contribution >= 4 is 11.8 Å². The molecule has 0 spiro atoms. The van der Waals surface area contributed by atoms with E-state index in [0.717, 1.165) is 13.1 Å². The van der Waals surface area contributed by atoms with Crippen LogP contribution in [0.15, 0.2) is 60.2 Å². The smallest absolute Gasteiger partial charge is 0.0366 e. The van der Waals surface area contributed by atoms with E-state index in [-0.39, 0.29) is 0 Å². The van der Waals surface area contributed by atoms with Gasteiger partial charge in [0.15, 0.2) is 0 Å². The molecule has 1 fully saturated rings. The maximum absolute atomic E-state index is 2.49. The highest BCUT2D eigenvalue weighted by molar-refractivity contribution is 5.55. The lowest BCUT2D eigenvalue weighted by Gasteiger charge is -2.30. The molecule has 1 heteroatoms. The molecule has 1 aliphatic heterocycles. The van der Waals surface area contributed by atoms with Crippen LogP contribution in [-0.2, 0) is 0 Å². The predicted molar refractivity (Wildman–Crippen MR) is 87.0 cm³/mol. The van der Waals surface area contributed by atoms with E-state index in [1.165, 1.54) is 29.7 Å². The van der Waals surface area contributed by atoms with Crippen LogP contribution < -0.4 is 4.90 Å². The molecule has 0 atom stereocenters. The molecule has 0 aliphatic carbocycles. The van der Waals surface area contributed by atoms with Gasteiger partial charge in [0.05, 0.1) is 0 Å². The lowest BCUT2D eigenvalue weighted by molar-refractivity contribution is 0.689. The number of anilines is 1. The fourth-order valence-electron chi connectivity index (χ4n) is 2.74. The van der Waals surface area contributed by atoms with Crippen LogP contribution in [0.2, 0.25) is 0 Å². The quantitative estimate of drug-likeness (QED) is 0.760. The molecule has 0 N–H and O–H groups in total. The van der Waals surface area contributed by atoms with Gasteiger partial charge in [-0.1, -0.05) is 59.7 Å². The normalized spacial score (nSPS) is 15.2. The van der Waals surface area contributed by atoms with E-state index in [4.69, 9.17) is 0 Å². The van der Waals surface area contributed by atoms with Crippen molar-refractivity contribution in [3.05, 3.63) is 71.3 Å². The van der Waals surface area contributed by atoms with Crippen LogP contribution in [0.1, 0.15) is 24.0 Å². The Morgan fingerprint density at radius 2 is 1.50 bits per heavy atom. The predicted octanol–water partition coefficient (Wildman–Crippen LogP) is 4.68. The van der Waals surface area contributed by atoms with Gasteiger partial charge in [-0.2, -0.15) is 0 Å². The van der Waals surface area contributed by atoms with Crippen LogP contribution in [0.25, 0.3) is 6.08 Å². The van der Waals surface area contributed by atoms with Crippen LogP contribution in [0.3, 0.4) is 0 Å². The number of hydrogen-bond acceptors (Lipinski definition) is 1. The van der Waals surface area contributed by atoms with E-state index >= 15 is 0 Å². The minimum Gasteiger partial charge on any atom is -0.371 e. The Balaban J connectivity index is 1.65. The molecule has 3 rings (SSSR count). The summed E-state index contributed by atoms with van der Waals surface area (Å²) in [5.74, 6) is 0. The van der Waals surface area contributed by atoms with E-state index in [1.54, 1.807) is 5.57 Å². The van der Waals surface area contributed by atoms with Gasteiger partial charge in [0.1, 0.15) is 0 Å². The van der Waals surface area contributed by atoms with Crippen molar-refractivity contribution in [2.75, 3.05) is 18.0 Å². The second kappa shape index (κ2) is 5.96. The Morgan fingerprint density at radius 1 is 0.850 bits per heavy atom. The van der Waals surface area contributed by atoms with Crippen molar-refractivity contribution in [2.24, 2.45) is 0 Å². The lowest BCUT2D eigenvalue weighted by atomic mass is 10.0. The summed E-state index contributed by atoms with van der Waals surface area (Å²) in [5, 5.41) is 0. The number of rotatable bonds is 2. The maximum Gasteiger partial charge on any atom is 0.0366 e. The Bertz CT molecular complexity index is 571. The zero-order valence-electron chi connectivity index (χ0n) is 12.0. The molecule has 0 radical (unpaired) electrons. The molecule has 2 aromatic rings. The summed E-state index contributed by atoms with van der Waals surface area (Å²) in [5.41, 5.74) is 5.58. The number of nitrogens with zero attached hydrogens (tertiary/aromatic N) is 1. The Kier molecular flexibility index (Phi) is 3.87. The lowest BCUT2D eigenvalue weighted by Crippen LogP contribution is -2.30. The van der Waals surface area contributed by atoms with Crippen molar-refractivity contribution in [3.8, 4) is 0 Å². The highest BCUT2D eigenvalue weighted by Gasteiger charge is 2.13. The molecule has 2 aromatic carbocycles. The summed E-state index contributed by atoms with van der Waals surface area (Å²) in [7, 11) is 0. The van der Waals surface area contributed by atoms with E-state index in [9.17, 15) is 0 Å². The second-order valence-electron chi connectivity index (χ2n) is 5.54. The zero-order valence-corrected chi connectivity index (χ0v) is 12.0. The largest absolute Gasteiger partial charge is 0.371 e. The minimum absolute atomic E-state index is 1.13. The monoisotopic (exact) mass is 263 g/mol. The summed E-state index contributed by atoms with van der Waals surface area (Å²) < 4.78 is 0. The van der Waals surface area contributed by atoms with Gasteiger partial charge >= 0.3 is 0 Å². The summed E-state index contributed by atoms with van der Waals surface area (Å²) in [4.78, 5) is 2.49. The first-order valence-corrected chi connectivity index (χ1v) is 7.37. The molecule has 0 unspecified atom stereocenters. The first kappa shape index (κ1) is 13.0. The second-order valence-corrected chi connectivity index (χ2v) is 5.54. The van der Waals surface area contributed by atoms with E-state index in [0.29, 0.717) is 0 Å². The van der Waals surface area contributed by atoms with Gasteiger partial charge in [0.2, 0.25) is 0 Å². The standard InChI is InChI=1S/C19H21N/c1-16-7-9-19(10-8-16)20-13-11-18(12-14-20)15-17-5-3-2-4-6-17/h2-10,15H,11-14H2,1H3. The average molecular weight is 263 g/mol. The third kappa shape index (κ3) is 3.11. The van der Waals surface area contributed by atoms with Crippen molar-refractivity contribution in [3.63, 3.8) is 0 Å². The topological polar surface area (TPSA) is 3.24 Å². The van der Waals surface area contributed by atoms with Gasteiger partial charge < -0.3 is 4.90 Å². The molecule has 102 valence electrons. The van der Waals surface area contributed by atoms with Gasteiger partial charge in [-0.3, -0.25) is 0 Å². The van der Waals surface area contributed by atoms with Crippen LogP contribution in [-0.4, -0.2) is 13.1 Å². The van der Waals surface area contributed by atoms with E-state index in [1.807, 2.05) is 0 Å². The Morgan fingerprint density at radius 3 is 2.15 bits per heavy atom. The summed E-state index contributed by atoms with van der Waals surface area (Å²) in [6.07, 6.45) is 4.69. The molecule has 0 aromatic heterocycles. The summed E-state index contributed by atoms with van der Waals surface area (Å²) >= 11 is 0. The number of piperidine rings is 1. The van der Waals surface area contributed by atoms with Crippen LogP contribution in [0.4, 0.5) is 5.69 Å². The SMILES string of the molecule is Cc1ccc(N2CCC(=Cc3ccccc3)CC2)cc1. The molecule has 1 heterocycles. The number of aryl methyl sites for hydroxylation is 1. The molecular formula is C19H21N. The van der Waals surface area contributed by atoms with Gasteiger partial charge in [-0.05, 0) is 37.5 Å². The minimum atomic E-state index is 1.13. The van der Waals surface area contributed by atoms with Crippen molar-refractivity contribution < 1.29 is 0 Å². The molecule has 0 bridgehead atoms. The molecule has 1 nitrogen and oxygen atoms in total. The van der Waals surface area contributed by atoms with Gasteiger partial charge in [0, 0.05) is 18.8 Å². The van der Waals surface area contributed by atoms with Gasteiger partial charge in [-0.15, -0.1) is 0 Å². The van der Waals surface area contributed by atoms with Gasteiger partial charge in [-0.25, -0.2) is 0 Å². The highest BCUT2D eigenvalue weighted by atomic mass is 15.1. The van der Waals surface area contributed by atoms with Gasteiger partial charge in [0.25, 0.3) is 0 Å². The highest BCUT2D eigenvalue weighted by Crippen LogP contribution is 2.24. The summed E-state index contributed by atoms with van der Waals surface area (Å²) in [6, 6.07) is 19.5. The Labute approximate surface area is 121 Å². The zero-order chi connectivity index (χ0) is 13.8. The third-order valence-corrected chi connectivity index (χ3v) is 3.98. The molecule has 1 aliphatic rings. The number of hydrogen-bond donors (Lipinski definition) is 0. The number of benzene rings is 2. The van der Waals surface area contributed by atoms with Crippen molar-refractivity contribution in [2.45, 2.75) is 19.8 Å². The average Bonchev–Trinajstić information content (AvgIpc) is 2.50. The first-order valence-electron chi connectivity index (χ1n) is 7.37. The van der Waals surface area contributed by atoms with Crippen molar-refractivity contribution in [1.82, 2.24) is 0 Å². The Hall–Kier alpha value is -2.02. The third-order valence-electron chi connectivity index (χ3n) is 3.98. The molecular weight excluding hydrogens is 242 g/mol. The molecule has 0 saturated carbocycles. The van der Waals surface area contributed by atoms with E-state index < -0.39 is 0 Å².